The Kier molecular flexibility index (Phi) is 7.04. The summed E-state index contributed by atoms with van der Waals surface area (Å²) in [6, 6.07) is 5.57. The summed E-state index contributed by atoms with van der Waals surface area (Å²) >= 11 is 0. The third-order valence-electron chi connectivity index (χ3n) is 2.95. The van der Waals surface area contributed by atoms with E-state index in [1.807, 2.05) is 26.0 Å². The van der Waals surface area contributed by atoms with Gasteiger partial charge in [0.15, 0.2) is 6.61 Å². The van der Waals surface area contributed by atoms with Crippen LogP contribution < -0.4 is 10.6 Å². The lowest BCUT2D eigenvalue weighted by Gasteiger charge is -2.11. The monoisotopic (exact) mass is 308 g/mol. The number of benzene rings is 1. The van der Waals surface area contributed by atoms with E-state index in [-0.39, 0.29) is 19.1 Å². The van der Waals surface area contributed by atoms with Gasteiger partial charge >= 0.3 is 5.97 Å². The fourth-order valence-corrected chi connectivity index (χ4v) is 1.62. The molecule has 0 heterocycles. The highest BCUT2D eigenvalue weighted by atomic mass is 16.6. The molecule has 2 N–H and O–H groups in total. The minimum atomic E-state index is -0.641. The molecule has 1 aromatic rings. The van der Waals surface area contributed by atoms with Crippen LogP contribution in [0.3, 0.4) is 0 Å². The van der Waals surface area contributed by atoms with Crippen LogP contribution in [0.15, 0.2) is 18.2 Å². The number of carbonyl (C=O) groups is 3. The van der Waals surface area contributed by atoms with Gasteiger partial charge in [-0.25, -0.2) is 4.79 Å². The molecule has 0 spiro atoms. The normalized spacial score (nSPS) is 9.95. The van der Waals surface area contributed by atoms with E-state index in [1.165, 1.54) is 7.11 Å². The molecule has 2 amide bonds. The number of aryl methyl sites for hydroxylation is 1. The Balaban J connectivity index is 2.35. The summed E-state index contributed by atoms with van der Waals surface area (Å²) in [4.78, 5) is 34.2. The highest BCUT2D eigenvalue weighted by Crippen LogP contribution is 2.17. The number of hydrogen-bond donors (Lipinski definition) is 2. The van der Waals surface area contributed by atoms with Crippen LogP contribution in [0.5, 0.6) is 0 Å². The SMILES string of the molecule is COCC(=O)OCC(=O)NCC(=O)Nc1cccc(C)c1C. The van der Waals surface area contributed by atoms with Crippen LogP contribution in [0.25, 0.3) is 0 Å². The minimum Gasteiger partial charge on any atom is -0.454 e. The summed E-state index contributed by atoms with van der Waals surface area (Å²) in [5, 5.41) is 5.08. The molecule has 0 aromatic heterocycles. The number of nitrogens with one attached hydrogen (secondary N) is 2. The van der Waals surface area contributed by atoms with Gasteiger partial charge in [0, 0.05) is 12.8 Å². The molecule has 120 valence electrons. The Morgan fingerprint density at radius 1 is 1.09 bits per heavy atom. The van der Waals surface area contributed by atoms with Crippen LogP contribution >= 0.6 is 0 Å². The van der Waals surface area contributed by atoms with Gasteiger partial charge in [-0.1, -0.05) is 12.1 Å². The highest BCUT2D eigenvalue weighted by molar-refractivity contribution is 5.95. The van der Waals surface area contributed by atoms with Crippen LogP contribution in [-0.2, 0) is 23.9 Å². The molecule has 0 atom stereocenters. The molecule has 0 saturated heterocycles. The fraction of sp³-hybridized carbons (Fsp3) is 0.400. The summed E-state index contributed by atoms with van der Waals surface area (Å²) in [7, 11) is 1.35. The molecule has 0 aliphatic rings. The Bertz CT molecular complexity index is 557. The lowest BCUT2D eigenvalue weighted by molar-refractivity contribution is -0.152. The Morgan fingerprint density at radius 3 is 2.50 bits per heavy atom. The Labute approximate surface area is 129 Å². The van der Waals surface area contributed by atoms with Gasteiger partial charge in [0.05, 0.1) is 6.54 Å². The largest absolute Gasteiger partial charge is 0.454 e. The number of amides is 2. The second-order valence-electron chi connectivity index (χ2n) is 4.67. The van der Waals surface area contributed by atoms with Crippen molar-refractivity contribution in [1.82, 2.24) is 5.32 Å². The maximum Gasteiger partial charge on any atom is 0.332 e. The number of anilines is 1. The molecule has 7 nitrogen and oxygen atoms in total. The molecular formula is C15H20N2O5. The summed E-state index contributed by atoms with van der Waals surface area (Å²) in [6.07, 6.45) is 0. The van der Waals surface area contributed by atoms with Crippen molar-refractivity contribution in [2.75, 3.05) is 32.2 Å². The van der Waals surface area contributed by atoms with Gasteiger partial charge in [-0.05, 0) is 31.0 Å². The first-order chi connectivity index (χ1) is 10.4. The van der Waals surface area contributed by atoms with Crippen molar-refractivity contribution in [3.63, 3.8) is 0 Å². The quantitative estimate of drug-likeness (QED) is 0.717. The maximum absolute atomic E-state index is 11.8. The van der Waals surface area contributed by atoms with E-state index < -0.39 is 18.5 Å². The van der Waals surface area contributed by atoms with E-state index in [9.17, 15) is 14.4 Å². The molecule has 0 saturated carbocycles. The molecule has 0 aliphatic carbocycles. The molecule has 0 fully saturated rings. The predicted molar refractivity (Wildman–Crippen MR) is 80.4 cm³/mol. The van der Waals surface area contributed by atoms with Gasteiger partial charge in [-0.15, -0.1) is 0 Å². The van der Waals surface area contributed by atoms with Crippen molar-refractivity contribution in [2.45, 2.75) is 13.8 Å². The Morgan fingerprint density at radius 2 is 1.82 bits per heavy atom. The van der Waals surface area contributed by atoms with Crippen LogP contribution in [0.1, 0.15) is 11.1 Å². The van der Waals surface area contributed by atoms with Crippen LogP contribution in [-0.4, -0.2) is 44.7 Å². The van der Waals surface area contributed by atoms with Crippen molar-refractivity contribution in [2.24, 2.45) is 0 Å². The predicted octanol–water partition coefficient (Wildman–Crippen LogP) is 0.548. The molecule has 0 bridgehead atoms. The summed E-state index contributed by atoms with van der Waals surface area (Å²) < 4.78 is 9.17. The molecule has 1 rings (SSSR count). The molecule has 0 aliphatic heterocycles. The lowest BCUT2D eigenvalue weighted by Crippen LogP contribution is -2.36. The van der Waals surface area contributed by atoms with E-state index in [2.05, 4.69) is 20.1 Å². The standard InChI is InChI=1S/C15H20N2O5/c1-10-5-4-6-12(11(10)2)17-13(18)7-16-14(19)8-22-15(20)9-21-3/h4-6H,7-9H2,1-3H3,(H,16,19)(H,17,18). The Hall–Kier alpha value is -2.41. The zero-order valence-electron chi connectivity index (χ0n) is 12.9. The lowest BCUT2D eigenvalue weighted by atomic mass is 10.1. The zero-order valence-corrected chi connectivity index (χ0v) is 12.9. The molecular weight excluding hydrogens is 288 g/mol. The van der Waals surface area contributed by atoms with Crippen molar-refractivity contribution in [3.05, 3.63) is 29.3 Å². The number of esters is 1. The maximum atomic E-state index is 11.8. The second kappa shape index (κ2) is 8.78. The van der Waals surface area contributed by atoms with E-state index >= 15 is 0 Å². The average Bonchev–Trinajstić information content (AvgIpc) is 2.48. The smallest absolute Gasteiger partial charge is 0.332 e. The topological polar surface area (TPSA) is 93.7 Å². The summed E-state index contributed by atoms with van der Waals surface area (Å²) in [5.41, 5.74) is 2.73. The number of methoxy groups -OCH3 is 1. The van der Waals surface area contributed by atoms with E-state index in [0.29, 0.717) is 5.69 Å². The minimum absolute atomic E-state index is 0.200. The second-order valence-corrected chi connectivity index (χ2v) is 4.67. The van der Waals surface area contributed by atoms with Crippen molar-refractivity contribution in [3.8, 4) is 0 Å². The summed E-state index contributed by atoms with van der Waals surface area (Å²) in [5.74, 6) is -1.55. The third-order valence-corrected chi connectivity index (χ3v) is 2.95. The van der Waals surface area contributed by atoms with Crippen LogP contribution in [0.4, 0.5) is 5.69 Å². The van der Waals surface area contributed by atoms with Gasteiger partial charge in [-0.2, -0.15) is 0 Å². The van der Waals surface area contributed by atoms with Gasteiger partial charge < -0.3 is 20.1 Å². The molecule has 0 radical (unpaired) electrons. The number of rotatable bonds is 7. The van der Waals surface area contributed by atoms with Crippen LogP contribution in [0.2, 0.25) is 0 Å². The first-order valence-corrected chi connectivity index (χ1v) is 6.71. The van der Waals surface area contributed by atoms with E-state index in [1.54, 1.807) is 6.07 Å². The number of hydrogen-bond acceptors (Lipinski definition) is 5. The average molecular weight is 308 g/mol. The molecule has 7 heteroatoms. The highest BCUT2D eigenvalue weighted by Gasteiger charge is 2.10. The molecule has 1 aromatic carbocycles. The first-order valence-electron chi connectivity index (χ1n) is 6.71. The first kappa shape index (κ1) is 17.6. The zero-order chi connectivity index (χ0) is 16.5. The fourth-order valence-electron chi connectivity index (χ4n) is 1.62. The van der Waals surface area contributed by atoms with Gasteiger partial charge in [0.25, 0.3) is 5.91 Å². The van der Waals surface area contributed by atoms with Crippen molar-refractivity contribution < 1.29 is 23.9 Å². The number of ether oxygens (including phenoxy) is 2. The van der Waals surface area contributed by atoms with Crippen molar-refractivity contribution in [1.29, 1.82) is 0 Å². The van der Waals surface area contributed by atoms with Gasteiger partial charge in [0.1, 0.15) is 6.61 Å². The van der Waals surface area contributed by atoms with Crippen LogP contribution in [0, 0.1) is 13.8 Å². The van der Waals surface area contributed by atoms with Gasteiger partial charge in [0.2, 0.25) is 5.91 Å². The number of carbonyl (C=O) groups excluding carboxylic acids is 3. The van der Waals surface area contributed by atoms with Crippen molar-refractivity contribution >= 4 is 23.5 Å². The van der Waals surface area contributed by atoms with E-state index in [0.717, 1.165) is 11.1 Å². The van der Waals surface area contributed by atoms with E-state index in [4.69, 9.17) is 0 Å². The summed E-state index contributed by atoms with van der Waals surface area (Å²) in [6.45, 7) is 2.98. The third kappa shape index (κ3) is 5.92. The van der Waals surface area contributed by atoms with Gasteiger partial charge in [-0.3, -0.25) is 9.59 Å². The molecule has 22 heavy (non-hydrogen) atoms. The molecule has 0 unspecified atom stereocenters.